The lowest BCUT2D eigenvalue weighted by molar-refractivity contribution is -0.143. The van der Waals surface area contributed by atoms with E-state index in [-0.39, 0.29) is 10.8 Å². The summed E-state index contributed by atoms with van der Waals surface area (Å²) in [5.41, 5.74) is 4.00. The molecule has 20 heavy (non-hydrogen) atoms. The van der Waals surface area contributed by atoms with Crippen LogP contribution in [0.3, 0.4) is 0 Å². The fourth-order valence-electron chi connectivity index (χ4n) is 2.12. The molecular formula is C17H25BrO2. The molecule has 0 aliphatic rings. The van der Waals surface area contributed by atoms with Crippen molar-refractivity contribution in [3.8, 4) is 0 Å². The van der Waals surface area contributed by atoms with Crippen molar-refractivity contribution < 1.29 is 9.53 Å². The zero-order valence-electron chi connectivity index (χ0n) is 12.7. The van der Waals surface area contributed by atoms with Crippen molar-refractivity contribution in [3.05, 3.63) is 34.9 Å². The molecule has 1 aromatic rings. The van der Waals surface area contributed by atoms with Gasteiger partial charge in [-0.25, -0.2) is 0 Å². The standard InChI is InChI=1S/C17H25BrO2/c1-4-5-11-20-17(19)16(18)8-6-7-15-10-9-13(2)12-14(15)3/h9-10,12,16H,4-8,11H2,1-3H3. The Morgan fingerprint density at radius 2 is 2.05 bits per heavy atom. The molecule has 2 nitrogen and oxygen atoms in total. The Bertz CT molecular complexity index is 429. The van der Waals surface area contributed by atoms with Crippen LogP contribution in [0.1, 0.15) is 49.3 Å². The van der Waals surface area contributed by atoms with Gasteiger partial charge in [-0.3, -0.25) is 4.79 Å². The van der Waals surface area contributed by atoms with Crippen molar-refractivity contribution in [2.24, 2.45) is 0 Å². The lowest BCUT2D eigenvalue weighted by Crippen LogP contribution is -2.18. The van der Waals surface area contributed by atoms with E-state index in [0.717, 1.165) is 32.1 Å². The summed E-state index contributed by atoms with van der Waals surface area (Å²) in [6, 6.07) is 6.54. The molecule has 0 saturated carbocycles. The molecule has 0 spiro atoms. The maximum Gasteiger partial charge on any atom is 0.319 e. The van der Waals surface area contributed by atoms with Crippen molar-refractivity contribution >= 4 is 21.9 Å². The van der Waals surface area contributed by atoms with Crippen LogP contribution in [-0.2, 0) is 16.0 Å². The Hall–Kier alpha value is -0.830. The predicted molar refractivity (Wildman–Crippen MR) is 87.4 cm³/mol. The largest absolute Gasteiger partial charge is 0.465 e. The Morgan fingerprint density at radius 3 is 2.70 bits per heavy atom. The summed E-state index contributed by atoms with van der Waals surface area (Å²) in [6.07, 6.45) is 4.80. The third-order valence-corrected chi connectivity index (χ3v) is 4.23. The Morgan fingerprint density at radius 1 is 1.30 bits per heavy atom. The maximum atomic E-state index is 11.7. The first kappa shape index (κ1) is 17.2. The number of carbonyl (C=O) groups is 1. The summed E-state index contributed by atoms with van der Waals surface area (Å²) in [4.78, 5) is 11.5. The fraction of sp³-hybridized carbons (Fsp3) is 0.588. The molecule has 1 unspecified atom stereocenters. The Labute approximate surface area is 131 Å². The highest BCUT2D eigenvalue weighted by Gasteiger charge is 2.15. The molecule has 0 saturated heterocycles. The van der Waals surface area contributed by atoms with Gasteiger partial charge in [0, 0.05) is 0 Å². The molecule has 0 heterocycles. The zero-order chi connectivity index (χ0) is 15.0. The molecule has 3 heteroatoms. The molecule has 0 amide bonds. The van der Waals surface area contributed by atoms with E-state index in [0.29, 0.717) is 6.61 Å². The smallest absolute Gasteiger partial charge is 0.319 e. The number of carbonyl (C=O) groups excluding carboxylic acids is 1. The maximum absolute atomic E-state index is 11.7. The highest BCUT2D eigenvalue weighted by Crippen LogP contribution is 2.17. The number of hydrogen-bond donors (Lipinski definition) is 0. The molecule has 0 N–H and O–H groups in total. The Kier molecular flexibility index (Phi) is 7.90. The molecular weight excluding hydrogens is 316 g/mol. The van der Waals surface area contributed by atoms with E-state index in [9.17, 15) is 4.79 Å². The molecule has 0 bridgehead atoms. The number of benzene rings is 1. The van der Waals surface area contributed by atoms with E-state index in [4.69, 9.17) is 4.74 Å². The van der Waals surface area contributed by atoms with Crippen LogP contribution in [0.2, 0.25) is 0 Å². The average Bonchev–Trinajstić information content (AvgIpc) is 2.41. The molecule has 0 aliphatic heterocycles. The fourth-order valence-corrected chi connectivity index (χ4v) is 2.58. The first-order valence-corrected chi connectivity index (χ1v) is 8.33. The molecule has 1 atom stereocenters. The molecule has 0 aromatic heterocycles. The second kappa shape index (κ2) is 9.17. The van der Waals surface area contributed by atoms with Gasteiger partial charge in [0.25, 0.3) is 0 Å². The van der Waals surface area contributed by atoms with Crippen LogP contribution < -0.4 is 0 Å². The van der Waals surface area contributed by atoms with Crippen LogP contribution in [0.4, 0.5) is 0 Å². The second-order valence-electron chi connectivity index (χ2n) is 5.31. The summed E-state index contributed by atoms with van der Waals surface area (Å²) in [5, 5.41) is 0. The second-order valence-corrected chi connectivity index (χ2v) is 6.42. The van der Waals surface area contributed by atoms with Gasteiger partial charge < -0.3 is 4.74 Å². The highest BCUT2D eigenvalue weighted by molar-refractivity contribution is 9.10. The van der Waals surface area contributed by atoms with E-state index < -0.39 is 0 Å². The number of hydrogen-bond acceptors (Lipinski definition) is 2. The number of rotatable bonds is 8. The first-order valence-electron chi connectivity index (χ1n) is 7.41. The first-order chi connectivity index (χ1) is 9.54. The number of alkyl halides is 1. The van der Waals surface area contributed by atoms with Gasteiger partial charge in [-0.2, -0.15) is 0 Å². The summed E-state index contributed by atoms with van der Waals surface area (Å²) in [6.45, 7) is 6.88. The molecule has 1 rings (SSSR count). The van der Waals surface area contributed by atoms with Gasteiger partial charge in [-0.05, 0) is 50.7 Å². The van der Waals surface area contributed by atoms with Crippen LogP contribution in [-0.4, -0.2) is 17.4 Å². The number of esters is 1. The SMILES string of the molecule is CCCCOC(=O)C(Br)CCCc1ccc(C)cc1C. The molecule has 0 radical (unpaired) electrons. The van der Waals surface area contributed by atoms with Crippen molar-refractivity contribution in [3.63, 3.8) is 0 Å². The van der Waals surface area contributed by atoms with Crippen molar-refractivity contribution in [1.82, 2.24) is 0 Å². The van der Waals surface area contributed by atoms with E-state index in [1.165, 1.54) is 16.7 Å². The zero-order valence-corrected chi connectivity index (χ0v) is 14.3. The summed E-state index contributed by atoms with van der Waals surface area (Å²) in [5.74, 6) is -0.126. The number of aryl methyl sites for hydroxylation is 3. The van der Waals surface area contributed by atoms with E-state index in [2.05, 4.69) is 54.9 Å². The van der Waals surface area contributed by atoms with Crippen LogP contribution in [0.15, 0.2) is 18.2 Å². The van der Waals surface area contributed by atoms with Crippen LogP contribution in [0.5, 0.6) is 0 Å². The average molecular weight is 341 g/mol. The van der Waals surface area contributed by atoms with Crippen molar-refractivity contribution in [1.29, 1.82) is 0 Å². The number of ether oxygens (including phenoxy) is 1. The minimum atomic E-state index is -0.176. The van der Waals surface area contributed by atoms with E-state index in [1.54, 1.807) is 0 Å². The molecule has 1 aromatic carbocycles. The molecule has 112 valence electrons. The van der Waals surface area contributed by atoms with Gasteiger partial charge in [0.1, 0.15) is 4.83 Å². The Balaban J connectivity index is 2.30. The quantitative estimate of drug-likeness (QED) is 0.388. The minimum absolute atomic E-state index is 0.126. The van der Waals surface area contributed by atoms with Gasteiger partial charge in [0.05, 0.1) is 6.61 Å². The van der Waals surface area contributed by atoms with Gasteiger partial charge >= 0.3 is 5.97 Å². The third-order valence-electron chi connectivity index (χ3n) is 3.40. The molecule has 0 fully saturated rings. The van der Waals surface area contributed by atoms with Crippen LogP contribution >= 0.6 is 15.9 Å². The predicted octanol–water partition coefficient (Wildman–Crippen LogP) is 4.73. The van der Waals surface area contributed by atoms with Crippen LogP contribution in [0, 0.1) is 13.8 Å². The van der Waals surface area contributed by atoms with Gasteiger partial charge in [0.2, 0.25) is 0 Å². The van der Waals surface area contributed by atoms with Crippen molar-refractivity contribution in [2.75, 3.05) is 6.61 Å². The lowest BCUT2D eigenvalue weighted by Gasteiger charge is -2.11. The summed E-state index contributed by atoms with van der Waals surface area (Å²) >= 11 is 3.42. The summed E-state index contributed by atoms with van der Waals surface area (Å²) in [7, 11) is 0. The summed E-state index contributed by atoms with van der Waals surface area (Å²) < 4.78 is 5.20. The van der Waals surface area contributed by atoms with Gasteiger partial charge in [-0.15, -0.1) is 0 Å². The van der Waals surface area contributed by atoms with Crippen LogP contribution in [0.25, 0.3) is 0 Å². The topological polar surface area (TPSA) is 26.3 Å². The van der Waals surface area contributed by atoms with Gasteiger partial charge in [0.15, 0.2) is 0 Å². The third kappa shape index (κ3) is 6.08. The van der Waals surface area contributed by atoms with E-state index >= 15 is 0 Å². The minimum Gasteiger partial charge on any atom is -0.465 e. The van der Waals surface area contributed by atoms with Gasteiger partial charge in [-0.1, -0.05) is 53.0 Å². The highest BCUT2D eigenvalue weighted by atomic mass is 79.9. The van der Waals surface area contributed by atoms with Crippen molar-refractivity contribution in [2.45, 2.75) is 57.7 Å². The lowest BCUT2D eigenvalue weighted by atomic mass is 10.0. The van der Waals surface area contributed by atoms with E-state index in [1.807, 2.05) is 0 Å². The monoisotopic (exact) mass is 340 g/mol. The number of unbranched alkanes of at least 4 members (excludes halogenated alkanes) is 1. The normalized spacial score (nSPS) is 12.2. The molecule has 0 aliphatic carbocycles. The number of halogens is 1.